The van der Waals surface area contributed by atoms with Gasteiger partial charge >= 0.3 is 0 Å². The van der Waals surface area contributed by atoms with Crippen LogP contribution in [0, 0.1) is 11.3 Å². The number of nitrogens with one attached hydrogen (secondary N) is 3. The van der Waals surface area contributed by atoms with Gasteiger partial charge in [0, 0.05) is 12.6 Å². The molecule has 0 aromatic heterocycles. The highest BCUT2D eigenvalue weighted by atomic mass is 16.5. The van der Waals surface area contributed by atoms with Gasteiger partial charge in [-0.05, 0) is 48.4 Å². The van der Waals surface area contributed by atoms with Crippen LogP contribution in [-0.2, 0) is 25.5 Å². The molecule has 0 saturated carbocycles. The number of carbonyl (C=O) groups excluding carboxylic acids is 3. The van der Waals surface area contributed by atoms with Crippen molar-refractivity contribution in [2.24, 2.45) is 11.3 Å². The molecule has 0 aliphatic carbocycles. The van der Waals surface area contributed by atoms with Crippen molar-refractivity contribution in [3.63, 3.8) is 0 Å². The fraction of sp³-hybridized carbons (Fsp3) is 0.519. The smallest absolute Gasteiger partial charge is 0.273 e. The lowest BCUT2D eigenvalue weighted by molar-refractivity contribution is -0.151. The normalized spacial score (nSPS) is 14.3. The van der Waals surface area contributed by atoms with E-state index < -0.39 is 35.3 Å². The first-order valence-corrected chi connectivity index (χ1v) is 12.1. The highest BCUT2D eigenvalue weighted by Gasteiger charge is 2.39. The van der Waals surface area contributed by atoms with Crippen LogP contribution in [0.4, 0.5) is 0 Å². The van der Waals surface area contributed by atoms with Gasteiger partial charge in [0.25, 0.3) is 5.91 Å². The molecule has 8 nitrogen and oxygen atoms in total. The highest BCUT2D eigenvalue weighted by Crippen LogP contribution is 2.24. The van der Waals surface area contributed by atoms with Gasteiger partial charge in [0.2, 0.25) is 11.8 Å². The van der Waals surface area contributed by atoms with Crippen LogP contribution in [-0.4, -0.2) is 47.7 Å². The van der Waals surface area contributed by atoms with Crippen LogP contribution in [0.2, 0.25) is 0 Å². The first-order valence-electron chi connectivity index (χ1n) is 12.1. The van der Waals surface area contributed by atoms with Crippen LogP contribution in [0.5, 0.6) is 0 Å². The Labute approximate surface area is 207 Å². The Hall–Kier alpha value is -2.97. The quantitative estimate of drug-likeness (QED) is 0.288. The lowest BCUT2D eigenvalue weighted by atomic mass is 9.84. The van der Waals surface area contributed by atoms with Crippen LogP contribution >= 0.6 is 0 Å². The summed E-state index contributed by atoms with van der Waals surface area (Å²) in [5.74, 6) is -2.59. The third kappa shape index (κ3) is 8.04. The predicted molar refractivity (Wildman–Crippen MR) is 136 cm³/mol. The monoisotopic (exact) mass is 485 g/mol. The van der Waals surface area contributed by atoms with Crippen molar-refractivity contribution in [1.29, 1.82) is 0 Å². The van der Waals surface area contributed by atoms with E-state index in [4.69, 9.17) is 4.74 Å². The summed E-state index contributed by atoms with van der Waals surface area (Å²) in [7, 11) is 0. The van der Waals surface area contributed by atoms with Crippen molar-refractivity contribution >= 4 is 28.5 Å². The molecular weight excluding hydrogens is 446 g/mol. The summed E-state index contributed by atoms with van der Waals surface area (Å²) in [5.41, 5.74) is 1.88. The number of hydrogen-bond donors (Lipinski definition) is 4. The summed E-state index contributed by atoms with van der Waals surface area (Å²) in [4.78, 5) is 39.2. The van der Waals surface area contributed by atoms with Crippen molar-refractivity contribution in [2.75, 3.05) is 6.61 Å². The van der Waals surface area contributed by atoms with Crippen LogP contribution in [0.25, 0.3) is 10.8 Å². The number of benzene rings is 2. The Morgan fingerprint density at radius 3 is 2.17 bits per heavy atom. The number of rotatable bonds is 11. The molecule has 4 N–H and O–H groups in total. The lowest BCUT2D eigenvalue weighted by Gasteiger charge is -2.33. The van der Waals surface area contributed by atoms with Gasteiger partial charge < -0.3 is 15.4 Å². The molecule has 0 radical (unpaired) electrons. The Kier molecular flexibility index (Phi) is 10.2. The van der Waals surface area contributed by atoms with E-state index in [-0.39, 0.29) is 25.0 Å². The first kappa shape index (κ1) is 28.3. The molecule has 0 saturated heterocycles. The molecular formula is C27H39N3O5. The molecule has 0 aliphatic rings. The zero-order valence-corrected chi connectivity index (χ0v) is 21.6. The van der Waals surface area contributed by atoms with E-state index in [9.17, 15) is 19.6 Å². The minimum absolute atomic E-state index is 0.0987. The second-order valence-electron chi connectivity index (χ2n) is 10.2. The van der Waals surface area contributed by atoms with Crippen molar-refractivity contribution in [3.05, 3.63) is 48.0 Å². The third-order valence-electron chi connectivity index (χ3n) is 5.69. The fourth-order valence-electron chi connectivity index (χ4n) is 3.93. The van der Waals surface area contributed by atoms with Crippen LogP contribution in [0.1, 0.15) is 53.5 Å². The van der Waals surface area contributed by atoms with Crippen molar-refractivity contribution in [3.8, 4) is 0 Å². The molecule has 0 heterocycles. The second-order valence-corrected chi connectivity index (χ2v) is 10.2. The first-order chi connectivity index (χ1) is 16.5. The molecule has 2 rings (SSSR count). The molecule has 0 spiro atoms. The molecule has 0 unspecified atom stereocenters. The molecule has 8 heteroatoms. The van der Waals surface area contributed by atoms with Gasteiger partial charge in [0.1, 0.15) is 12.1 Å². The van der Waals surface area contributed by atoms with E-state index in [0.29, 0.717) is 6.42 Å². The summed E-state index contributed by atoms with van der Waals surface area (Å²) >= 11 is 0. The third-order valence-corrected chi connectivity index (χ3v) is 5.69. The average molecular weight is 486 g/mol. The van der Waals surface area contributed by atoms with Gasteiger partial charge in [-0.15, -0.1) is 0 Å². The number of fused-ring (bicyclic) bond motifs is 1. The van der Waals surface area contributed by atoms with Crippen molar-refractivity contribution in [2.45, 2.75) is 72.6 Å². The van der Waals surface area contributed by atoms with Gasteiger partial charge in [-0.3, -0.25) is 19.6 Å². The summed E-state index contributed by atoms with van der Waals surface area (Å²) < 4.78 is 5.75. The Morgan fingerprint density at radius 1 is 0.943 bits per heavy atom. The maximum atomic E-state index is 13.7. The van der Waals surface area contributed by atoms with Gasteiger partial charge in [0.05, 0.1) is 5.92 Å². The van der Waals surface area contributed by atoms with Crippen molar-refractivity contribution < 1.29 is 24.3 Å². The number of carbonyl (C=O) groups is 3. The Balaban J connectivity index is 2.43. The molecule has 2 aromatic rings. The fourth-order valence-corrected chi connectivity index (χ4v) is 3.93. The largest absolute Gasteiger partial charge is 0.367 e. The summed E-state index contributed by atoms with van der Waals surface area (Å²) in [6, 6.07) is 12.8. The minimum atomic E-state index is -1.24. The van der Waals surface area contributed by atoms with E-state index >= 15 is 0 Å². The second kappa shape index (κ2) is 12.7. The lowest BCUT2D eigenvalue weighted by Crippen LogP contribution is -2.58. The summed E-state index contributed by atoms with van der Waals surface area (Å²) in [6.07, 6.45) is -0.428. The highest BCUT2D eigenvalue weighted by molar-refractivity contribution is 5.93. The standard InChI is InChI=1S/C27H39N3O5/c1-7-14-35-22(25(32)30-34)21(16-18-12-13-19-10-8-9-11-20(19)15-18)24(31)29-23(27(4,5)6)26(33)28-17(2)3/h8-13,15,17,21-23,34H,7,14,16H2,1-6H3,(H,28,33)(H,29,31)(H,30,32)/t21-,22+,23-/m1/s1. The number of ether oxygens (including phenoxy) is 1. The van der Waals surface area contributed by atoms with Crippen molar-refractivity contribution in [1.82, 2.24) is 16.1 Å². The molecule has 0 aliphatic heterocycles. The number of hydrogen-bond acceptors (Lipinski definition) is 5. The number of hydroxylamine groups is 1. The van der Waals surface area contributed by atoms with Crippen LogP contribution in [0.3, 0.4) is 0 Å². The molecule has 2 aromatic carbocycles. The molecule has 3 amide bonds. The molecule has 0 fully saturated rings. The van der Waals surface area contributed by atoms with E-state index in [0.717, 1.165) is 16.3 Å². The zero-order valence-electron chi connectivity index (χ0n) is 21.6. The number of amides is 3. The van der Waals surface area contributed by atoms with Crippen LogP contribution < -0.4 is 16.1 Å². The molecule has 0 bridgehead atoms. The van der Waals surface area contributed by atoms with E-state index in [1.807, 2.05) is 84.0 Å². The SMILES string of the molecule is CCCO[C@H](C(=O)NO)[C@@H](Cc1ccc2ccccc2c1)C(=O)N[C@H](C(=O)NC(C)C)C(C)(C)C. The van der Waals surface area contributed by atoms with Crippen LogP contribution in [0.15, 0.2) is 42.5 Å². The predicted octanol–water partition coefficient (Wildman–Crippen LogP) is 3.35. The molecule has 35 heavy (non-hydrogen) atoms. The summed E-state index contributed by atoms with van der Waals surface area (Å²) in [6.45, 7) is 11.4. The molecule has 192 valence electrons. The van der Waals surface area contributed by atoms with E-state index in [2.05, 4.69) is 10.6 Å². The maximum Gasteiger partial charge on any atom is 0.273 e. The van der Waals surface area contributed by atoms with Gasteiger partial charge in [-0.1, -0.05) is 70.2 Å². The Bertz CT molecular complexity index is 1020. The van der Waals surface area contributed by atoms with E-state index in [1.54, 1.807) is 5.48 Å². The minimum Gasteiger partial charge on any atom is -0.367 e. The Morgan fingerprint density at radius 2 is 1.60 bits per heavy atom. The van der Waals surface area contributed by atoms with Gasteiger partial charge in [-0.2, -0.15) is 0 Å². The topological polar surface area (TPSA) is 117 Å². The summed E-state index contributed by atoms with van der Waals surface area (Å²) in [5, 5.41) is 17.1. The maximum absolute atomic E-state index is 13.7. The van der Waals surface area contributed by atoms with Gasteiger partial charge in [0.15, 0.2) is 0 Å². The van der Waals surface area contributed by atoms with E-state index in [1.165, 1.54) is 0 Å². The molecule has 3 atom stereocenters. The average Bonchev–Trinajstić information content (AvgIpc) is 2.80. The van der Waals surface area contributed by atoms with Gasteiger partial charge in [-0.25, -0.2) is 5.48 Å². The zero-order chi connectivity index (χ0) is 26.2.